The summed E-state index contributed by atoms with van der Waals surface area (Å²) in [6.45, 7) is 2.23. The van der Waals surface area contributed by atoms with E-state index in [2.05, 4.69) is 45.2 Å². The first-order valence-corrected chi connectivity index (χ1v) is 8.55. The third-order valence-electron chi connectivity index (χ3n) is 3.80. The standard InChI is InChI=1S/C15H22NOSe/c1-11(16(2)3)12-7-6-10-14(12)18-15-9-5-4-8-13(15)17/h6-7,10-11,15H,4-5,8-9H2,1-3H3/t11-,15?/m1/s1. The Morgan fingerprint density at radius 1 is 1.33 bits per heavy atom. The van der Waals surface area contributed by atoms with Gasteiger partial charge < -0.3 is 0 Å². The number of nitrogens with zero attached hydrogens (tertiary/aromatic N) is 1. The summed E-state index contributed by atoms with van der Waals surface area (Å²) in [5.74, 6) is 1.92. The van der Waals surface area contributed by atoms with Crippen molar-refractivity contribution < 1.29 is 4.79 Å². The molecule has 2 nitrogen and oxygen atoms in total. The van der Waals surface area contributed by atoms with Gasteiger partial charge in [-0.05, 0) is 0 Å². The van der Waals surface area contributed by atoms with Crippen molar-refractivity contribution in [3.8, 4) is 0 Å². The molecule has 0 saturated heterocycles. The molecule has 0 aromatic heterocycles. The molecule has 0 heterocycles. The Kier molecular flexibility index (Phi) is 5.29. The van der Waals surface area contributed by atoms with Crippen molar-refractivity contribution in [2.75, 3.05) is 14.1 Å². The Morgan fingerprint density at radius 3 is 2.78 bits per heavy atom. The summed E-state index contributed by atoms with van der Waals surface area (Å²) in [4.78, 5) is 15.9. The summed E-state index contributed by atoms with van der Waals surface area (Å²) in [6, 6.07) is 0.440. The zero-order chi connectivity index (χ0) is 13.1. The zero-order valence-corrected chi connectivity index (χ0v) is 13.2. The van der Waals surface area contributed by atoms with E-state index in [1.165, 1.54) is 17.2 Å². The van der Waals surface area contributed by atoms with Crippen molar-refractivity contribution in [1.29, 1.82) is 0 Å². The van der Waals surface area contributed by atoms with E-state index in [0.29, 0.717) is 31.6 Å². The molecular formula is C15H22NOSe. The molecule has 0 N–H and O–H groups in total. The molecule has 0 aliphatic heterocycles. The average molecular weight is 311 g/mol. The second-order valence-corrected chi connectivity index (χ2v) is 7.91. The second kappa shape index (κ2) is 6.54. The number of rotatable bonds is 4. The molecule has 5 radical (unpaired) electrons. The predicted octanol–water partition coefficient (Wildman–Crippen LogP) is 2.31. The molecule has 2 saturated carbocycles. The number of carbonyl (C=O) groups is 1. The molecule has 1 unspecified atom stereocenters. The fourth-order valence-corrected chi connectivity index (χ4v) is 5.26. The Bertz CT molecular complexity index is 292. The maximum atomic E-state index is 11.9. The zero-order valence-electron chi connectivity index (χ0n) is 11.5. The first kappa shape index (κ1) is 14.6. The summed E-state index contributed by atoms with van der Waals surface area (Å²) >= 11 is 0.320. The fourth-order valence-electron chi connectivity index (χ4n) is 2.38. The maximum absolute atomic E-state index is 11.9. The van der Waals surface area contributed by atoms with Gasteiger partial charge in [0, 0.05) is 0 Å². The molecular weight excluding hydrogens is 289 g/mol. The van der Waals surface area contributed by atoms with Gasteiger partial charge in [0.05, 0.1) is 0 Å². The summed E-state index contributed by atoms with van der Waals surface area (Å²) < 4.78 is 0. The van der Waals surface area contributed by atoms with Crippen LogP contribution in [0.3, 0.4) is 0 Å². The van der Waals surface area contributed by atoms with Crippen LogP contribution < -0.4 is 0 Å². The topological polar surface area (TPSA) is 20.3 Å². The van der Waals surface area contributed by atoms with Gasteiger partial charge in [-0.3, -0.25) is 0 Å². The molecule has 2 atom stereocenters. The Hall–Kier alpha value is 0.149. The van der Waals surface area contributed by atoms with Crippen LogP contribution in [0.4, 0.5) is 0 Å². The van der Waals surface area contributed by atoms with Crippen molar-refractivity contribution in [1.82, 2.24) is 4.90 Å². The van der Waals surface area contributed by atoms with Crippen LogP contribution in [-0.2, 0) is 4.79 Å². The summed E-state index contributed by atoms with van der Waals surface area (Å²) in [6.07, 6.45) is 10.8. The van der Waals surface area contributed by atoms with Crippen LogP contribution in [0.25, 0.3) is 0 Å². The Balaban J connectivity index is 1.93. The normalized spacial score (nSPS) is 29.1. The van der Waals surface area contributed by atoms with Gasteiger partial charge in [-0.15, -0.1) is 0 Å². The molecule has 99 valence electrons. The SMILES string of the molecule is C[C@H]([C]1[CH][CH][CH][C]1[Se]C1CCCCC1=O)N(C)C. The van der Waals surface area contributed by atoms with Gasteiger partial charge in [0.25, 0.3) is 0 Å². The third kappa shape index (κ3) is 3.37. The van der Waals surface area contributed by atoms with Gasteiger partial charge in [0.15, 0.2) is 0 Å². The number of Topliss-reactive ketones (excluding diaryl/α,β-unsaturated/α-hetero) is 1. The molecule has 2 rings (SSSR count). The molecule has 0 amide bonds. The molecule has 2 aliphatic rings. The molecule has 0 spiro atoms. The van der Waals surface area contributed by atoms with E-state index < -0.39 is 0 Å². The van der Waals surface area contributed by atoms with Gasteiger partial charge >= 0.3 is 118 Å². The van der Waals surface area contributed by atoms with Crippen molar-refractivity contribution >= 4 is 20.7 Å². The molecule has 3 heteroatoms. The number of hydrogen-bond donors (Lipinski definition) is 0. The van der Waals surface area contributed by atoms with Crippen molar-refractivity contribution in [2.24, 2.45) is 0 Å². The van der Waals surface area contributed by atoms with Crippen LogP contribution in [-0.4, -0.2) is 45.8 Å². The van der Waals surface area contributed by atoms with Gasteiger partial charge in [-0.25, -0.2) is 0 Å². The minimum atomic E-state index is 0.320. The summed E-state index contributed by atoms with van der Waals surface area (Å²) in [7, 11) is 4.22. The van der Waals surface area contributed by atoms with Crippen LogP contribution >= 0.6 is 0 Å². The first-order valence-electron chi connectivity index (χ1n) is 6.71. The van der Waals surface area contributed by atoms with Crippen LogP contribution in [0.1, 0.15) is 32.6 Å². The number of carbonyl (C=O) groups excluding carboxylic acids is 1. The molecule has 0 bridgehead atoms. The molecule has 2 fully saturated rings. The van der Waals surface area contributed by atoms with E-state index in [-0.39, 0.29) is 0 Å². The van der Waals surface area contributed by atoms with Gasteiger partial charge in [-0.1, -0.05) is 0 Å². The molecule has 0 aromatic rings. The van der Waals surface area contributed by atoms with Crippen LogP contribution in [0.5, 0.6) is 0 Å². The van der Waals surface area contributed by atoms with E-state index in [1.807, 2.05) is 0 Å². The van der Waals surface area contributed by atoms with Crippen LogP contribution in [0, 0.1) is 30.0 Å². The number of ketones is 1. The monoisotopic (exact) mass is 312 g/mol. The quantitative estimate of drug-likeness (QED) is 0.743. The third-order valence-corrected chi connectivity index (χ3v) is 6.76. The molecule has 18 heavy (non-hydrogen) atoms. The first-order chi connectivity index (χ1) is 8.59. The van der Waals surface area contributed by atoms with Gasteiger partial charge in [0.1, 0.15) is 0 Å². The van der Waals surface area contributed by atoms with E-state index in [1.54, 1.807) is 0 Å². The van der Waals surface area contributed by atoms with E-state index in [9.17, 15) is 4.79 Å². The average Bonchev–Trinajstić information content (AvgIpc) is 2.79. The van der Waals surface area contributed by atoms with Crippen LogP contribution in [0.2, 0.25) is 4.82 Å². The minimum absolute atomic E-state index is 0.320. The summed E-state index contributed by atoms with van der Waals surface area (Å²) in [5.41, 5.74) is 0. The van der Waals surface area contributed by atoms with Gasteiger partial charge in [-0.2, -0.15) is 0 Å². The number of hydrogen-bond acceptors (Lipinski definition) is 2. The fraction of sp³-hybridized carbons (Fsp3) is 0.600. The summed E-state index contributed by atoms with van der Waals surface area (Å²) in [5, 5.41) is 0. The van der Waals surface area contributed by atoms with Crippen molar-refractivity contribution in [2.45, 2.75) is 43.5 Å². The Morgan fingerprint density at radius 2 is 2.11 bits per heavy atom. The van der Waals surface area contributed by atoms with E-state index in [0.717, 1.165) is 19.3 Å². The van der Waals surface area contributed by atoms with Crippen LogP contribution in [0.15, 0.2) is 0 Å². The molecule has 0 aromatic carbocycles. The van der Waals surface area contributed by atoms with Crippen molar-refractivity contribution in [3.63, 3.8) is 0 Å². The van der Waals surface area contributed by atoms with E-state index >= 15 is 0 Å². The van der Waals surface area contributed by atoms with E-state index in [4.69, 9.17) is 0 Å². The molecule has 2 aliphatic carbocycles. The second-order valence-electron chi connectivity index (χ2n) is 5.30. The van der Waals surface area contributed by atoms with Gasteiger partial charge in [0.2, 0.25) is 0 Å². The van der Waals surface area contributed by atoms with Crippen molar-refractivity contribution in [3.05, 3.63) is 30.0 Å². The Labute approximate surface area is 118 Å². The predicted molar refractivity (Wildman–Crippen MR) is 75.5 cm³/mol.